The number of nitro groups is 1. The number of benzene rings is 2. The molecule has 2 aromatic carbocycles. The summed E-state index contributed by atoms with van der Waals surface area (Å²) in [6, 6.07) is 17.4. The van der Waals surface area contributed by atoms with Crippen molar-refractivity contribution in [2.45, 2.75) is 26.2 Å². The number of para-hydroxylation sites is 2. The average molecular weight is 390 g/mol. The molecule has 1 heterocycles. The minimum absolute atomic E-state index is 0.0308. The number of carbonyl (C=O) groups excluding carboxylic acids is 1. The third-order valence-electron chi connectivity index (χ3n) is 4.75. The molecule has 1 atom stereocenters. The van der Waals surface area contributed by atoms with Crippen molar-refractivity contribution in [3.05, 3.63) is 88.2 Å². The van der Waals surface area contributed by atoms with Crippen LogP contribution in [0.3, 0.4) is 0 Å². The molecule has 0 aliphatic carbocycles. The van der Waals surface area contributed by atoms with Crippen LogP contribution in [0.2, 0.25) is 0 Å². The Morgan fingerprint density at radius 3 is 2.62 bits per heavy atom. The zero-order valence-corrected chi connectivity index (χ0v) is 16.3. The number of nitrogens with one attached hydrogen (secondary N) is 1. The molecule has 0 fully saturated rings. The highest BCUT2D eigenvalue weighted by Gasteiger charge is 2.16. The van der Waals surface area contributed by atoms with Crippen LogP contribution in [0.25, 0.3) is 17.4 Å². The van der Waals surface area contributed by atoms with Crippen molar-refractivity contribution in [3.63, 3.8) is 0 Å². The summed E-state index contributed by atoms with van der Waals surface area (Å²) in [5.41, 5.74) is 2.24. The van der Waals surface area contributed by atoms with Gasteiger partial charge >= 0.3 is 0 Å². The Kier molecular flexibility index (Phi) is 6.24. The van der Waals surface area contributed by atoms with Gasteiger partial charge in [0.2, 0.25) is 5.91 Å². The average Bonchev–Trinajstić information content (AvgIpc) is 3.21. The molecule has 3 aromatic rings. The molecule has 0 saturated heterocycles. The fourth-order valence-corrected chi connectivity index (χ4v) is 3.02. The van der Waals surface area contributed by atoms with E-state index in [2.05, 4.69) is 19.2 Å². The first kappa shape index (κ1) is 20.1. The van der Waals surface area contributed by atoms with Crippen LogP contribution < -0.4 is 5.32 Å². The molecule has 1 unspecified atom stereocenters. The maximum Gasteiger partial charge on any atom is 0.280 e. The lowest BCUT2D eigenvalue weighted by Crippen LogP contribution is -2.10. The van der Waals surface area contributed by atoms with Gasteiger partial charge in [0.1, 0.15) is 11.5 Å². The number of anilines is 1. The maximum atomic E-state index is 12.3. The minimum Gasteiger partial charge on any atom is -0.456 e. The van der Waals surface area contributed by atoms with Crippen LogP contribution in [-0.4, -0.2) is 10.8 Å². The number of rotatable bonds is 7. The van der Waals surface area contributed by atoms with E-state index < -0.39 is 4.92 Å². The number of furan rings is 1. The first-order valence-electron chi connectivity index (χ1n) is 9.41. The Labute approximate surface area is 169 Å². The molecule has 1 aromatic heterocycles. The van der Waals surface area contributed by atoms with Gasteiger partial charge in [-0.2, -0.15) is 0 Å². The van der Waals surface area contributed by atoms with Gasteiger partial charge in [0.15, 0.2) is 0 Å². The van der Waals surface area contributed by atoms with Crippen molar-refractivity contribution in [3.8, 4) is 11.3 Å². The molecule has 0 bridgehead atoms. The molecule has 0 spiro atoms. The molecule has 29 heavy (non-hydrogen) atoms. The molecule has 6 nitrogen and oxygen atoms in total. The summed E-state index contributed by atoms with van der Waals surface area (Å²) in [7, 11) is 0. The van der Waals surface area contributed by atoms with E-state index in [-0.39, 0.29) is 11.6 Å². The van der Waals surface area contributed by atoms with Crippen LogP contribution in [0.1, 0.15) is 37.5 Å². The van der Waals surface area contributed by atoms with E-state index in [9.17, 15) is 14.9 Å². The third kappa shape index (κ3) is 4.79. The van der Waals surface area contributed by atoms with Crippen molar-refractivity contribution < 1.29 is 14.1 Å². The van der Waals surface area contributed by atoms with E-state index in [4.69, 9.17) is 4.42 Å². The van der Waals surface area contributed by atoms with E-state index in [1.165, 1.54) is 12.1 Å². The zero-order chi connectivity index (χ0) is 20.8. The van der Waals surface area contributed by atoms with Crippen LogP contribution >= 0.6 is 0 Å². The minimum atomic E-state index is -0.449. The largest absolute Gasteiger partial charge is 0.456 e. The lowest BCUT2D eigenvalue weighted by molar-refractivity contribution is -0.384. The normalized spacial score (nSPS) is 12.1. The summed E-state index contributed by atoms with van der Waals surface area (Å²) >= 11 is 0. The second-order valence-corrected chi connectivity index (χ2v) is 6.70. The van der Waals surface area contributed by atoms with Gasteiger partial charge in [-0.25, -0.2) is 0 Å². The predicted molar refractivity (Wildman–Crippen MR) is 114 cm³/mol. The summed E-state index contributed by atoms with van der Waals surface area (Å²) in [6.45, 7) is 4.22. The van der Waals surface area contributed by atoms with Crippen LogP contribution in [-0.2, 0) is 4.79 Å². The van der Waals surface area contributed by atoms with Gasteiger partial charge in [0, 0.05) is 17.8 Å². The van der Waals surface area contributed by atoms with Gasteiger partial charge in [0.25, 0.3) is 5.69 Å². The van der Waals surface area contributed by atoms with Crippen molar-refractivity contribution in [1.29, 1.82) is 0 Å². The van der Waals surface area contributed by atoms with Crippen molar-refractivity contribution >= 4 is 23.4 Å². The highest BCUT2D eigenvalue weighted by atomic mass is 16.6. The first-order chi connectivity index (χ1) is 14.0. The molecule has 6 heteroatoms. The van der Waals surface area contributed by atoms with Gasteiger partial charge in [-0.1, -0.05) is 44.2 Å². The second kappa shape index (κ2) is 9.01. The number of carbonyl (C=O) groups is 1. The highest BCUT2D eigenvalue weighted by Crippen LogP contribution is 2.31. The smallest absolute Gasteiger partial charge is 0.280 e. The predicted octanol–water partition coefficient (Wildman–Crippen LogP) is 6.02. The summed E-state index contributed by atoms with van der Waals surface area (Å²) in [5, 5.41) is 14.1. The fourth-order valence-electron chi connectivity index (χ4n) is 3.02. The highest BCUT2D eigenvalue weighted by molar-refractivity contribution is 6.02. The van der Waals surface area contributed by atoms with Gasteiger partial charge in [0.05, 0.1) is 10.5 Å². The molecule has 148 valence electrons. The van der Waals surface area contributed by atoms with Gasteiger partial charge in [-0.15, -0.1) is 0 Å². The standard InChI is InChI=1S/C23H22N2O4/c1-3-16(2)18-8-4-6-10-20(18)24-23(26)15-13-17-12-14-22(29-17)19-9-5-7-11-21(19)25(27)28/h4-16H,3H2,1-2H3,(H,24,26)/b15-13+. The molecule has 0 saturated carbocycles. The number of amides is 1. The topological polar surface area (TPSA) is 85.4 Å². The lowest BCUT2D eigenvalue weighted by atomic mass is 9.97. The maximum absolute atomic E-state index is 12.3. The zero-order valence-electron chi connectivity index (χ0n) is 16.3. The number of nitro benzene ring substituents is 1. The number of hydrogen-bond acceptors (Lipinski definition) is 4. The van der Waals surface area contributed by atoms with Gasteiger partial charge < -0.3 is 9.73 Å². The Bertz CT molecular complexity index is 1050. The summed E-state index contributed by atoms with van der Waals surface area (Å²) in [6.07, 6.45) is 3.90. The Balaban J connectivity index is 1.74. The number of nitrogens with zero attached hydrogens (tertiary/aromatic N) is 1. The Hall–Kier alpha value is -3.67. The molecule has 3 rings (SSSR count). The first-order valence-corrected chi connectivity index (χ1v) is 9.41. The van der Waals surface area contributed by atoms with Gasteiger partial charge in [-0.05, 0) is 48.2 Å². The van der Waals surface area contributed by atoms with Gasteiger partial charge in [-0.3, -0.25) is 14.9 Å². The summed E-state index contributed by atoms with van der Waals surface area (Å²) in [4.78, 5) is 23.1. The molecular weight excluding hydrogens is 368 g/mol. The van der Waals surface area contributed by atoms with Crippen LogP contribution in [0.4, 0.5) is 11.4 Å². The quantitative estimate of drug-likeness (QED) is 0.304. The van der Waals surface area contributed by atoms with E-state index in [0.717, 1.165) is 17.7 Å². The van der Waals surface area contributed by atoms with Crippen molar-refractivity contribution in [1.82, 2.24) is 0 Å². The number of hydrogen-bond donors (Lipinski definition) is 1. The van der Waals surface area contributed by atoms with Crippen LogP contribution in [0.15, 0.2) is 71.2 Å². The molecule has 0 aliphatic rings. The van der Waals surface area contributed by atoms with Crippen molar-refractivity contribution in [2.24, 2.45) is 0 Å². The summed E-state index contributed by atoms with van der Waals surface area (Å²) in [5.74, 6) is 0.872. The Morgan fingerprint density at radius 1 is 1.14 bits per heavy atom. The SMILES string of the molecule is CCC(C)c1ccccc1NC(=O)/C=C/c1ccc(-c2ccccc2[N+](=O)[O-])o1. The molecule has 0 radical (unpaired) electrons. The summed E-state index contributed by atoms with van der Waals surface area (Å²) < 4.78 is 5.67. The van der Waals surface area contributed by atoms with E-state index in [1.54, 1.807) is 36.4 Å². The molecular formula is C23H22N2O4. The molecule has 1 amide bonds. The van der Waals surface area contributed by atoms with Crippen LogP contribution in [0.5, 0.6) is 0 Å². The van der Waals surface area contributed by atoms with Crippen LogP contribution in [0, 0.1) is 10.1 Å². The van der Waals surface area contributed by atoms with Crippen molar-refractivity contribution in [2.75, 3.05) is 5.32 Å². The molecule has 0 aliphatic heterocycles. The lowest BCUT2D eigenvalue weighted by Gasteiger charge is -2.14. The second-order valence-electron chi connectivity index (χ2n) is 6.70. The Morgan fingerprint density at radius 2 is 1.86 bits per heavy atom. The van der Waals surface area contributed by atoms with E-state index >= 15 is 0 Å². The van der Waals surface area contributed by atoms with E-state index in [0.29, 0.717) is 23.0 Å². The third-order valence-corrected chi connectivity index (χ3v) is 4.75. The van der Waals surface area contributed by atoms with E-state index in [1.807, 2.05) is 24.3 Å². The molecule has 1 N–H and O–H groups in total. The fraction of sp³-hybridized carbons (Fsp3) is 0.174. The monoisotopic (exact) mass is 390 g/mol.